The molecule has 0 bridgehead atoms. The Morgan fingerprint density at radius 2 is 1.62 bits per heavy atom. The van der Waals surface area contributed by atoms with Gasteiger partial charge >= 0.3 is 18.4 Å². The molecule has 0 spiro atoms. The molecule has 0 aliphatic carbocycles. The van der Waals surface area contributed by atoms with Gasteiger partial charge in [0.25, 0.3) is 0 Å². The molecule has 12 heteroatoms. The van der Waals surface area contributed by atoms with E-state index in [1.54, 1.807) is 18.2 Å². The number of hydrogen-bond acceptors (Lipinski definition) is 4. The molecule has 3 aromatic carbocycles. The van der Waals surface area contributed by atoms with Crippen molar-refractivity contribution in [3.05, 3.63) is 82.7 Å². The van der Waals surface area contributed by atoms with Crippen LogP contribution in [0.4, 0.5) is 35.5 Å². The number of amides is 1. The van der Waals surface area contributed by atoms with Crippen molar-refractivity contribution in [1.29, 1.82) is 0 Å². The number of alkyl halides is 6. The molecular weight excluding hydrogens is 551 g/mol. The molecule has 0 radical (unpaired) electrons. The van der Waals surface area contributed by atoms with E-state index in [2.05, 4.69) is 0 Å². The molecule has 0 aromatic heterocycles. The first kappa shape index (κ1) is 28.6. The van der Waals surface area contributed by atoms with Crippen molar-refractivity contribution in [2.75, 3.05) is 13.4 Å². The summed E-state index contributed by atoms with van der Waals surface area (Å²) in [6.45, 7) is 1.11. The molecule has 1 amide bonds. The van der Waals surface area contributed by atoms with E-state index in [0.717, 1.165) is 28.0 Å². The summed E-state index contributed by atoms with van der Waals surface area (Å²) in [5.74, 6) is -0.773. The quantitative estimate of drug-likeness (QED) is 0.220. The van der Waals surface area contributed by atoms with Gasteiger partial charge in [-0.25, -0.2) is 9.18 Å². The highest BCUT2D eigenvalue weighted by Gasteiger charge is 2.42. The summed E-state index contributed by atoms with van der Waals surface area (Å²) in [6.07, 6.45) is -9.91. The summed E-state index contributed by atoms with van der Waals surface area (Å²) in [6, 6.07) is 9.25. The summed E-state index contributed by atoms with van der Waals surface area (Å²) >= 11 is 1.41. The first-order valence-electron chi connectivity index (χ1n) is 11.5. The molecule has 0 saturated carbocycles. The van der Waals surface area contributed by atoms with Crippen LogP contribution in [0.1, 0.15) is 35.3 Å². The van der Waals surface area contributed by atoms with E-state index in [4.69, 9.17) is 9.47 Å². The Labute approximate surface area is 223 Å². The largest absolute Gasteiger partial charge is 0.496 e. The van der Waals surface area contributed by atoms with Crippen molar-refractivity contribution < 1.29 is 45.0 Å². The lowest BCUT2D eigenvalue weighted by atomic mass is 9.95. The number of cyclic esters (lactones) is 1. The number of halogens is 7. The van der Waals surface area contributed by atoms with Crippen LogP contribution >= 0.6 is 11.8 Å². The first-order valence-corrected chi connectivity index (χ1v) is 12.7. The number of ether oxygens (including phenoxy) is 2. The SMILES string of the molecule is COc1ccc(SC)cc1-c1ccc(C(F)(F)F)cc1CN1C(=O)O[C@H](c2cc(F)cc(C(F)(F)F)c2)[C@@H]1C. The number of benzene rings is 3. The van der Waals surface area contributed by atoms with Crippen LogP contribution in [0.15, 0.2) is 59.5 Å². The van der Waals surface area contributed by atoms with E-state index in [9.17, 15) is 35.5 Å². The fourth-order valence-corrected chi connectivity index (χ4v) is 4.91. The van der Waals surface area contributed by atoms with Crippen LogP contribution < -0.4 is 4.74 Å². The normalized spacial score (nSPS) is 17.9. The molecule has 4 rings (SSSR count). The van der Waals surface area contributed by atoms with Gasteiger partial charge in [0, 0.05) is 10.5 Å². The third-order valence-corrected chi connectivity index (χ3v) is 7.16. The van der Waals surface area contributed by atoms with Crippen molar-refractivity contribution in [2.24, 2.45) is 0 Å². The van der Waals surface area contributed by atoms with Gasteiger partial charge in [0.1, 0.15) is 17.7 Å². The molecule has 1 heterocycles. The maximum absolute atomic E-state index is 14.0. The smallest absolute Gasteiger partial charge is 0.416 e. The molecule has 1 saturated heterocycles. The van der Waals surface area contributed by atoms with Crippen LogP contribution in [0.2, 0.25) is 0 Å². The Hall–Kier alpha value is -3.41. The van der Waals surface area contributed by atoms with Gasteiger partial charge in [0.15, 0.2) is 0 Å². The van der Waals surface area contributed by atoms with Crippen molar-refractivity contribution in [3.8, 4) is 16.9 Å². The van der Waals surface area contributed by atoms with Crippen LogP contribution in [0.25, 0.3) is 11.1 Å². The molecule has 3 aromatic rings. The molecule has 39 heavy (non-hydrogen) atoms. The highest BCUT2D eigenvalue weighted by atomic mass is 32.2. The predicted molar refractivity (Wildman–Crippen MR) is 131 cm³/mol. The Balaban J connectivity index is 1.76. The van der Waals surface area contributed by atoms with Gasteiger partial charge < -0.3 is 9.47 Å². The second kappa shape index (κ2) is 10.6. The summed E-state index contributed by atoms with van der Waals surface area (Å²) in [7, 11) is 1.42. The zero-order chi connectivity index (χ0) is 28.7. The minimum absolute atomic E-state index is 0.112. The highest BCUT2D eigenvalue weighted by molar-refractivity contribution is 7.98. The molecule has 4 nitrogen and oxygen atoms in total. The van der Waals surface area contributed by atoms with E-state index >= 15 is 0 Å². The Morgan fingerprint density at radius 1 is 0.923 bits per heavy atom. The first-order chi connectivity index (χ1) is 18.2. The van der Waals surface area contributed by atoms with Gasteiger partial charge in [-0.05, 0) is 78.4 Å². The average molecular weight is 574 g/mol. The average Bonchev–Trinajstić information content (AvgIpc) is 3.15. The van der Waals surface area contributed by atoms with Crippen molar-refractivity contribution in [3.63, 3.8) is 0 Å². The lowest BCUT2D eigenvalue weighted by Gasteiger charge is -2.24. The van der Waals surface area contributed by atoms with Gasteiger partial charge in [-0.15, -0.1) is 11.8 Å². The van der Waals surface area contributed by atoms with Gasteiger partial charge in [-0.3, -0.25) is 4.90 Å². The van der Waals surface area contributed by atoms with Crippen LogP contribution in [0.5, 0.6) is 5.75 Å². The second-order valence-electron chi connectivity index (χ2n) is 8.88. The van der Waals surface area contributed by atoms with Gasteiger partial charge in [0.2, 0.25) is 0 Å². The van der Waals surface area contributed by atoms with E-state index < -0.39 is 47.5 Å². The maximum Gasteiger partial charge on any atom is 0.416 e. The molecule has 1 fully saturated rings. The van der Waals surface area contributed by atoms with E-state index in [0.29, 0.717) is 29.0 Å². The van der Waals surface area contributed by atoms with Crippen LogP contribution in [-0.2, 0) is 23.6 Å². The lowest BCUT2D eigenvalue weighted by molar-refractivity contribution is -0.138. The third kappa shape index (κ3) is 5.95. The summed E-state index contributed by atoms with van der Waals surface area (Å²) in [4.78, 5) is 14.8. The van der Waals surface area contributed by atoms with Crippen molar-refractivity contribution >= 4 is 17.9 Å². The molecule has 0 unspecified atom stereocenters. The minimum atomic E-state index is -4.83. The summed E-state index contributed by atoms with van der Waals surface area (Å²) < 4.78 is 105. The molecular formula is C27H22F7NO3S. The number of thioether (sulfide) groups is 1. The van der Waals surface area contributed by atoms with Crippen molar-refractivity contribution in [1.82, 2.24) is 4.90 Å². The maximum atomic E-state index is 14.0. The van der Waals surface area contributed by atoms with Crippen LogP contribution in [0, 0.1) is 5.82 Å². The van der Waals surface area contributed by atoms with Gasteiger partial charge in [0.05, 0.1) is 30.8 Å². The zero-order valence-corrected chi connectivity index (χ0v) is 21.6. The summed E-state index contributed by atoms with van der Waals surface area (Å²) in [5, 5.41) is 0. The Kier molecular flexibility index (Phi) is 7.79. The standard InChI is InChI=1S/C27H22F7NO3S/c1-14-24(15-8-18(27(32,33)34)11-19(28)10-15)38-25(36)35(14)13-16-9-17(26(29,30)31)4-6-21(16)22-12-20(39-3)5-7-23(22)37-2/h4-12,14,24H,13H2,1-3H3/t14-,24-/m0/s1. The Morgan fingerprint density at radius 3 is 2.23 bits per heavy atom. The van der Waals surface area contributed by atoms with Gasteiger partial charge in [-0.1, -0.05) is 6.07 Å². The molecule has 1 aliphatic rings. The fourth-order valence-electron chi connectivity index (χ4n) is 4.47. The lowest BCUT2D eigenvalue weighted by Crippen LogP contribution is -2.31. The number of methoxy groups -OCH3 is 1. The monoisotopic (exact) mass is 573 g/mol. The molecule has 208 valence electrons. The summed E-state index contributed by atoms with van der Waals surface area (Å²) in [5.41, 5.74) is -1.45. The number of rotatable bonds is 6. The number of hydrogen-bond donors (Lipinski definition) is 0. The third-order valence-electron chi connectivity index (χ3n) is 6.44. The fraction of sp³-hybridized carbons (Fsp3) is 0.296. The number of carbonyl (C=O) groups excluding carboxylic acids is 1. The molecule has 1 aliphatic heterocycles. The van der Waals surface area contributed by atoms with E-state index in [1.807, 2.05) is 6.26 Å². The van der Waals surface area contributed by atoms with E-state index in [-0.39, 0.29) is 17.7 Å². The topological polar surface area (TPSA) is 38.8 Å². The van der Waals surface area contributed by atoms with Crippen LogP contribution in [-0.4, -0.2) is 30.4 Å². The molecule has 0 N–H and O–H groups in total. The van der Waals surface area contributed by atoms with Crippen LogP contribution in [0.3, 0.4) is 0 Å². The second-order valence-corrected chi connectivity index (χ2v) is 9.76. The number of nitrogens with zero attached hydrogens (tertiary/aromatic N) is 1. The highest BCUT2D eigenvalue weighted by Crippen LogP contribution is 2.41. The Bertz CT molecular complexity index is 1390. The predicted octanol–water partition coefficient (Wildman–Crippen LogP) is 8.34. The van der Waals surface area contributed by atoms with Crippen molar-refractivity contribution in [2.45, 2.75) is 42.9 Å². The minimum Gasteiger partial charge on any atom is -0.496 e. The molecule has 2 atom stereocenters. The van der Waals surface area contributed by atoms with E-state index in [1.165, 1.54) is 31.9 Å². The number of carbonyl (C=O) groups is 1. The zero-order valence-electron chi connectivity index (χ0n) is 20.8. The van der Waals surface area contributed by atoms with Gasteiger partial charge in [-0.2, -0.15) is 26.3 Å².